The number of methoxy groups -OCH3 is 1. The van der Waals surface area contributed by atoms with Crippen molar-refractivity contribution in [1.29, 1.82) is 0 Å². The third-order valence-electron chi connectivity index (χ3n) is 5.93. The first-order valence-electron chi connectivity index (χ1n) is 12.2. The van der Waals surface area contributed by atoms with Crippen LogP contribution in [0.3, 0.4) is 0 Å². The topological polar surface area (TPSA) is 98.3 Å². The van der Waals surface area contributed by atoms with Gasteiger partial charge in [-0.25, -0.2) is 4.79 Å². The van der Waals surface area contributed by atoms with Gasteiger partial charge >= 0.3 is 17.8 Å². The van der Waals surface area contributed by atoms with Crippen molar-refractivity contribution in [3.8, 4) is 17.6 Å². The number of hydrogen-bond donors (Lipinski definition) is 0. The molecule has 3 rings (SSSR count). The predicted octanol–water partition coefficient (Wildman–Crippen LogP) is 3.60. The molecule has 0 saturated carbocycles. The summed E-state index contributed by atoms with van der Waals surface area (Å²) in [6, 6.07) is 2.55. The van der Waals surface area contributed by atoms with E-state index in [4.69, 9.17) is 14.2 Å². The molecule has 0 bridgehead atoms. The van der Waals surface area contributed by atoms with Gasteiger partial charge in [0.1, 0.15) is 12.4 Å². The highest BCUT2D eigenvalue weighted by atomic mass is 79.9. The van der Waals surface area contributed by atoms with Crippen LogP contribution in [0.1, 0.15) is 49.7 Å². The Morgan fingerprint density at radius 3 is 2.68 bits per heavy atom. The summed E-state index contributed by atoms with van der Waals surface area (Å²) in [4.78, 5) is 47.8. The fourth-order valence-corrected chi connectivity index (χ4v) is 5.14. The van der Waals surface area contributed by atoms with Crippen LogP contribution in [0.5, 0.6) is 5.75 Å². The highest BCUT2D eigenvalue weighted by molar-refractivity contribution is 9.10. The van der Waals surface area contributed by atoms with Crippen molar-refractivity contribution in [3.05, 3.63) is 44.3 Å². The number of hydrogen-bond acceptors (Lipinski definition) is 8. The fraction of sp³-hybridized carbons (Fsp3) is 0.481. The normalized spacial score (nSPS) is 14.7. The third kappa shape index (κ3) is 7.12. The highest BCUT2D eigenvalue weighted by Gasteiger charge is 2.42. The maximum atomic E-state index is 13.6. The summed E-state index contributed by atoms with van der Waals surface area (Å²) in [5, 5.41) is 0. The molecule has 1 unspecified atom stereocenters. The Morgan fingerprint density at radius 2 is 2.05 bits per heavy atom. The van der Waals surface area contributed by atoms with E-state index in [-0.39, 0.29) is 32.9 Å². The minimum atomic E-state index is -1.04. The van der Waals surface area contributed by atoms with Gasteiger partial charge in [0.15, 0.2) is 6.04 Å². The Kier molecular flexibility index (Phi) is 10.3. The zero-order valence-corrected chi connectivity index (χ0v) is 24.6. The number of halogens is 1. The van der Waals surface area contributed by atoms with Gasteiger partial charge in [-0.3, -0.25) is 14.6 Å². The van der Waals surface area contributed by atoms with Crippen molar-refractivity contribution in [2.75, 3.05) is 40.0 Å². The lowest BCUT2D eigenvalue weighted by molar-refractivity contribution is -0.163. The van der Waals surface area contributed by atoms with Crippen LogP contribution >= 0.6 is 27.3 Å². The Balaban J connectivity index is 1.77. The number of rotatable bonds is 7. The van der Waals surface area contributed by atoms with E-state index in [0.717, 1.165) is 10.4 Å². The van der Waals surface area contributed by atoms with E-state index in [1.807, 2.05) is 26.8 Å². The summed E-state index contributed by atoms with van der Waals surface area (Å²) in [5.74, 6) is 4.44. The number of benzene rings is 1. The van der Waals surface area contributed by atoms with Gasteiger partial charge in [0, 0.05) is 18.6 Å². The molecule has 204 valence electrons. The van der Waals surface area contributed by atoms with E-state index in [0.29, 0.717) is 22.2 Å². The molecule has 1 aromatic carbocycles. The second-order valence-corrected chi connectivity index (χ2v) is 11.2. The van der Waals surface area contributed by atoms with Gasteiger partial charge in [0.2, 0.25) is 0 Å². The molecule has 0 saturated heterocycles. The largest absolute Gasteiger partial charge is 0.496 e. The zero-order valence-electron chi connectivity index (χ0n) is 22.2. The first-order chi connectivity index (χ1) is 18.1. The van der Waals surface area contributed by atoms with Crippen molar-refractivity contribution in [2.45, 2.75) is 45.7 Å². The molecule has 2 heterocycles. The maximum absolute atomic E-state index is 13.6. The van der Waals surface area contributed by atoms with Crippen LogP contribution in [0, 0.1) is 11.8 Å². The molecule has 1 aliphatic heterocycles. The number of carbonyl (C=O) groups is 3. The molecule has 0 fully saturated rings. The molecule has 0 radical (unpaired) electrons. The third-order valence-corrected chi connectivity index (χ3v) is 7.24. The lowest BCUT2D eigenvalue weighted by Gasteiger charge is -2.39. The number of carbonyl (C=O) groups excluding carboxylic acids is 3. The molecular formula is C27H32BrN3O6S. The minimum absolute atomic E-state index is 0.148. The molecule has 38 heavy (non-hydrogen) atoms. The van der Waals surface area contributed by atoms with Crippen LogP contribution in [0.4, 0.5) is 0 Å². The molecule has 11 heteroatoms. The Bertz CT molecular complexity index is 1220. The van der Waals surface area contributed by atoms with Crippen molar-refractivity contribution in [3.63, 3.8) is 0 Å². The van der Waals surface area contributed by atoms with E-state index in [2.05, 4.69) is 32.8 Å². The molecule has 1 atom stereocenters. The van der Waals surface area contributed by atoms with E-state index in [9.17, 15) is 14.4 Å². The molecule has 9 nitrogen and oxygen atoms in total. The lowest BCUT2D eigenvalue weighted by atomic mass is 9.92. The average molecular weight is 607 g/mol. The minimum Gasteiger partial charge on any atom is -0.496 e. The molecule has 1 aliphatic rings. The van der Waals surface area contributed by atoms with Gasteiger partial charge < -0.3 is 24.0 Å². The molecule has 0 spiro atoms. The number of nitrogens with zero attached hydrogens (tertiary/aromatic N) is 3. The van der Waals surface area contributed by atoms with Crippen LogP contribution in [0.15, 0.2) is 28.3 Å². The summed E-state index contributed by atoms with van der Waals surface area (Å²) < 4.78 is 16.9. The number of thiazole rings is 1. The number of esters is 1. The monoisotopic (exact) mass is 605 g/mol. The van der Waals surface area contributed by atoms with Gasteiger partial charge in [-0.05, 0) is 73.3 Å². The Labute approximate surface area is 235 Å². The average Bonchev–Trinajstić information content (AvgIpc) is 3.39. The Morgan fingerprint density at radius 1 is 1.29 bits per heavy atom. The number of fused-ring (bicyclic) bond motifs is 1. The van der Waals surface area contributed by atoms with Crippen LogP contribution in [0.25, 0.3) is 0 Å². The van der Waals surface area contributed by atoms with Crippen molar-refractivity contribution in [2.24, 2.45) is 0 Å². The maximum Gasteiger partial charge on any atom is 0.333 e. The van der Waals surface area contributed by atoms with Crippen molar-refractivity contribution in [1.82, 2.24) is 14.8 Å². The highest BCUT2D eigenvalue weighted by Crippen LogP contribution is 2.37. The molecule has 2 amide bonds. The number of amides is 2. The van der Waals surface area contributed by atoms with Gasteiger partial charge in [-0.1, -0.05) is 11.8 Å². The lowest BCUT2D eigenvalue weighted by Crippen LogP contribution is -2.56. The van der Waals surface area contributed by atoms with Crippen molar-refractivity contribution < 1.29 is 28.6 Å². The molecule has 0 N–H and O–H groups in total. The molecule has 0 aliphatic carbocycles. The van der Waals surface area contributed by atoms with Gasteiger partial charge in [0.05, 0.1) is 41.4 Å². The number of ether oxygens (including phenoxy) is 3. The standard InChI is InChI=1S/C27H32BrN3O6S/c1-6-37-26(34)23-20-15-21(28)22(35-5)14-18(20)9-10-30(23)24(32)25(33)31(27(2,3)4)11-13-36-12-7-8-19-16-29-17-38-19/h14-17,23H,6,9-13H2,1-5H3. The molecular weight excluding hydrogens is 574 g/mol. The summed E-state index contributed by atoms with van der Waals surface area (Å²) in [5.41, 5.74) is 2.51. The van der Waals surface area contributed by atoms with E-state index in [1.54, 1.807) is 31.8 Å². The second kappa shape index (κ2) is 13.2. The summed E-state index contributed by atoms with van der Waals surface area (Å²) >= 11 is 4.90. The molecule has 1 aromatic heterocycles. The summed E-state index contributed by atoms with van der Waals surface area (Å²) in [6.45, 7) is 8.15. The van der Waals surface area contributed by atoms with Crippen LogP contribution in [-0.4, -0.2) is 78.1 Å². The Hall–Kier alpha value is -2.94. The van der Waals surface area contributed by atoms with Crippen LogP contribution in [-0.2, 0) is 30.3 Å². The summed E-state index contributed by atoms with van der Waals surface area (Å²) in [6.07, 6.45) is 2.14. The SMILES string of the molecule is CCOC(=O)C1c2cc(Br)c(OC)cc2CCN1C(=O)C(=O)N(CCOCC#Cc1cncs1)C(C)(C)C. The molecule has 2 aromatic rings. The summed E-state index contributed by atoms with van der Waals surface area (Å²) in [7, 11) is 1.56. The van der Waals surface area contributed by atoms with Crippen LogP contribution < -0.4 is 4.74 Å². The zero-order chi connectivity index (χ0) is 27.9. The quantitative estimate of drug-likeness (QED) is 0.206. The van der Waals surface area contributed by atoms with Crippen molar-refractivity contribution >= 4 is 45.1 Å². The first kappa shape index (κ1) is 29.6. The second-order valence-electron chi connectivity index (χ2n) is 9.44. The predicted molar refractivity (Wildman–Crippen MR) is 147 cm³/mol. The fourth-order valence-electron chi connectivity index (χ4n) is 4.13. The van der Waals surface area contributed by atoms with E-state index < -0.39 is 29.4 Å². The van der Waals surface area contributed by atoms with Gasteiger partial charge in [0.25, 0.3) is 0 Å². The van der Waals surface area contributed by atoms with Gasteiger partial charge in [-0.15, -0.1) is 11.3 Å². The number of aromatic nitrogens is 1. The van der Waals surface area contributed by atoms with E-state index >= 15 is 0 Å². The smallest absolute Gasteiger partial charge is 0.333 e. The first-order valence-corrected chi connectivity index (χ1v) is 13.9. The van der Waals surface area contributed by atoms with Crippen LogP contribution in [0.2, 0.25) is 0 Å². The van der Waals surface area contributed by atoms with Gasteiger partial charge in [-0.2, -0.15) is 0 Å². The van der Waals surface area contributed by atoms with E-state index in [1.165, 1.54) is 21.1 Å².